The number of benzene rings is 2. The SMILES string of the molecule is COC(=O)C1([C@]2(C(=O)OC)CO2)CC2c3ccccc3C1c1ccccc12. The molecule has 1 fully saturated rings. The van der Waals surface area contributed by atoms with Gasteiger partial charge >= 0.3 is 11.9 Å². The minimum Gasteiger partial charge on any atom is -0.468 e. The maximum atomic E-state index is 13.3. The zero-order chi connectivity index (χ0) is 18.8. The van der Waals surface area contributed by atoms with Crippen LogP contribution in [0.4, 0.5) is 0 Å². The fraction of sp³-hybridized carbons (Fsp3) is 0.364. The average molecular weight is 364 g/mol. The van der Waals surface area contributed by atoms with Gasteiger partial charge in [-0.25, -0.2) is 4.79 Å². The molecule has 1 saturated heterocycles. The third-order valence-electron chi connectivity index (χ3n) is 6.60. The molecule has 2 atom stereocenters. The van der Waals surface area contributed by atoms with Crippen molar-refractivity contribution in [2.75, 3.05) is 20.8 Å². The minimum absolute atomic E-state index is 0.00670. The summed E-state index contributed by atoms with van der Waals surface area (Å²) in [5.74, 6) is -1.23. The number of esters is 2. The second-order valence-electron chi connectivity index (χ2n) is 7.52. The lowest BCUT2D eigenvalue weighted by molar-refractivity contribution is -0.172. The van der Waals surface area contributed by atoms with Crippen LogP contribution in [0.1, 0.15) is 40.5 Å². The molecular formula is C22H20O5. The molecule has 0 spiro atoms. The van der Waals surface area contributed by atoms with Crippen molar-refractivity contribution in [2.24, 2.45) is 5.41 Å². The lowest BCUT2D eigenvalue weighted by Gasteiger charge is -2.53. The summed E-state index contributed by atoms with van der Waals surface area (Å²) in [6, 6.07) is 16.3. The van der Waals surface area contributed by atoms with Crippen molar-refractivity contribution in [3.8, 4) is 0 Å². The Balaban J connectivity index is 1.83. The van der Waals surface area contributed by atoms with E-state index in [0.717, 1.165) is 11.1 Å². The van der Waals surface area contributed by atoms with Gasteiger partial charge in [-0.05, 0) is 28.7 Å². The maximum Gasteiger partial charge on any atom is 0.341 e. The highest BCUT2D eigenvalue weighted by molar-refractivity contribution is 5.95. The molecule has 5 nitrogen and oxygen atoms in total. The maximum absolute atomic E-state index is 13.3. The zero-order valence-electron chi connectivity index (χ0n) is 15.2. The number of carbonyl (C=O) groups is 2. The van der Waals surface area contributed by atoms with Crippen molar-refractivity contribution in [1.82, 2.24) is 0 Å². The molecule has 4 aliphatic rings. The first-order chi connectivity index (χ1) is 13.1. The topological polar surface area (TPSA) is 65.1 Å². The van der Waals surface area contributed by atoms with E-state index >= 15 is 0 Å². The molecule has 5 heteroatoms. The fourth-order valence-corrected chi connectivity index (χ4v) is 5.45. The molecule has 1 heterocycles. The summed E-state index contributed by atoms with van der Waals surface area (Å²) in [7, 11) is 2.71. The summed E-state index contributed by atoms with van der Waals surface area (Å²) in [5.41, 5.74) is 2.12. The first kappa shape index (κ1) is 16.5. The van der Waals surface area contributed by atoms with Gasteiger partial charge in [-0.2, -0.15) is 0 Å². The summed E-state index contributed by atoms with van der Waals surface area (Å²) in [6.07, 6.45) is 0.466. The number of hydrogen-bond acceptors (Lipinski definition) is 5. The van der Waals surface area contributed by atoms with Gasteiger partial charge in [0.05, 0.1) is 20.8 Å². The van der Waals surface area contributed by atoms with Crippen LogP contribution in [0, 0.1) is 5.41 Å². The molecule has 0 saturated carbocycles. The molecule has 0 radical (unpaired) electrons. The molecule has 0 aromatic heterocycles. The smallest absolute Gasteiger partial charge is 0.341 e. The van der Waals surface area contributed by atoms with Crippen LogP contribution < -0.4 is 0 Å². The van der Waals surface area contributed by atoms with Crippen LogP contribution in [-0.2, 0) is 23.8 Å². The summed E-state index contributed by atoms with van der Waals surface area (Å²) in [4.78, 5) is 26.1. The molecule has 2 bridgehead atoms. The summed E-state index contributed by atoms with van der Waals surface area (Å²) in [6.45, 7) is 0.169. The van der Waals surface area contributed by atoms with Crippen LogP contribution in [-0.4, -0.2) is 38.4 Å². The number of ether oxygens (including phenoxy) is 3. The van der Waals surface area contributed by atoms with Crippen LogP contribution in [0.25, 0.3) is 0 Å². The van der Waals surface area contributed by atoms with Gasteiger partial charge in [-0.1, -0.05) is 48.5 Å². The van der Waals surface area contributed by atoms with Gasteiger partial charge in [0, 0.05) is 11.8 Å². The van der Waals surface area contributed by atoms with E-state index in [1.165, 1.54) is 25.3 Å². The first-order valence-electron chi connectivity index (χ1n) is 9.09. The van der Waals surface area contributed by atoms with Crippen molar-refractivity contribution in [2.45, 2.75) is 23.9 Å². The Morgan fingerprint density at radius 1 is 0.889 bits per heavy atom. The highest BCUT2D eigenvalue weighted by Gasteiger charge is 2.77. The lowest BCUT2D eigenvalue weighted by atomic mass is 9.48. The Labute approximate surface area is 157 Å². The van der Waals surface area contributed by atoms with E-state index in [-0.39, 0.29) is 18.4 Å². The van der Waals surface area contributed by atoms with Gasteiger partial charge in [0.2, 0.25) is 5.60 Å². The van der Waals surface area contributed by atoms with Crippen molar-refractivity contribution in [3.63, 3.8) is 0 Å². The fourth-order valence-electron chi connectivity index (χ4n) is 5.45. The average Bonchev–Trinajstić information content (AvgIpc) is 3.54. The Kier molecular flexibility index (Phi) is 3.32. The number of methoxy groups -OCH3 is 2. The Morgan fingerprint density at radius 3 is 1.81 bits per heavy atom. The second kappa shape index (κ2) is 5.42. The van der Waals surface area contributed by atoms with Crippen molar-refractivity contribution < 1.29 is 23.8 Å². The highest BCUT2D eigenvalue weighted by atomic mass is 16.6. The number of carbonyl (C=O) groups excluding carboxylic acids is 2. The third-order valence-corrected chi connectivity index (χ3v) is 6.60. The van der Waals surface area contributed by atoms with Crippen molar-refractivity contribution >= 4 is 11.9 Å². The molecule has 6 rings (SSSR count). The van der Waals surface area contributed by atoms with Crippen LogP contribution in [0.2, 0.25) is 0 Å². The van der Waals surface area contributed by atoms with Gasteiger partial charge < -0.3 is 14.2 Å². The van der Waals surface area contributed by atoms with E-state index in [4.69, 9.17) is 14.2 Å². The second-order valence-corrected chi connectivity index (χ2v) is 7.52. The molecule has 3 aliphatic carbocycles. The molecule has 0 N–H and O–H groups in total. The number of rotatable bonds is 3. The molecule has 2 aromatic carbocycles. The van der Waals surface area contributed by atoms with E-state index in [0.29, 0.717) is 6.42 Å². The molecular weight excluding hydrogens is 344 g/mol. The summed E-state index contributed by atoms with van der Waals surface area (Å²) in [5, 5.41) is 0. The van der Waals surface area contributed by atoms with Crippen LogP contribution in [0.3, 0.4) is 0 Å². The van der Waals surface area contributed by atoms with Gasteiger partial charge in [0.25, 0.3) is 0 Å². The zero-order valence-corrected chi connectivity index (χ0v) is 15.2. The monoisotopic (exact) mass is 364 g/mol. The minimum atomic E-state index is -1.29. The predicted molar refractivity (Wildman–Crippen MR) is 96.3 cm³/mol. The Hall–Kier alpha value is -2.66. The molecule has 27 heavy (non-hydrogen) atoms. The lowest BCUT2D eigenvalue weighted by Crippen LogP contribution is -2.59. The number of fused-ring (bicyclic) bond motifs is 1. The van der Waals surface area contributed by atoms with Crippen molar-refractivity contribution in [3.05, 3.63) is 70.8 Å². The molecule has 1 unspecified atom stereocenters. The van der Waals surface area contributed by atoms with E-state index in [2.05, 4.69) is 12.1 Å². The van der Waals surface area contributed by atoms with Gasteiger partial charge in [-0.3, -0.25) is 4.79 Å². The van der Waals surface area contributed by atoms with Gasteiger partial charge in [0.15, 0.2) is 0 Å². The standard InChI is InChI=1S/C22H20O5/c1-25-19(23)21(22(12-27-22)20(24)26-2)11-17-13-7-3-5-9-15(13)18(21)16-10-6-4-8-14(16)17/h3-10,17-18H,11-12H2,1-2H3/t17?,18?,21?,22-/m1/s1. The van der Waals surface area contributed by atoms with Crippen LogP contribution in [0.5, 0.6) is 0 Å². The van der Waals surface area contributed by atoms with Gasteiger partial charge in [0.1, 0.15) is 5.41 Å². The largest absolute Gasteiger partial charge is 0.468 e. The van der Waals surface area contributed by atoms with Crippen LogP contribution >= 0.6 is 0 Å². The third kappa shape index (κ3) is 1.82. The number of epoxide rings is 1. The predicted octanol–water partition coefficient (Wildman–Crippen LogP) is 2.77. The normalized spacial score (nSPS) is 32.2. The quantitative estimate of drug-likeness (QED) is 0.619. The summed E-state index contributed by atoms with van der Waals surface area (Å²) < 4.78 is 16.1. The van der Waals surface area contributed by atoms with Crippen molar-refractivity contribution in [1.29, 1.82) is 0 Å². The van der Waals surface area contributed by atoms with E-state index in [1.54, 1.807) is 0 Å². The van der Waals surface area contributed by atoms with E-state index in [1.807, 2.05) is 36.4 Å². The highest BCUT2D eigenvalue weighted by Crippen LogP contribution is 2.68. The first-order valence-corrected chi connectivity index (χ1v) is 9.09. The molecule has 0 amide bonds. The Morgan fingerprint density at radius 2 is 1.37 bits per heavy atom. The summed E-state index contributed by atoms with van der Waals surface area (Å²) >= 11 is 0. The van der Waals surface area contributed by atoms with Crippen LogP contribution in [0.15, 0.2) is 48.5 Å². The molecule has 2 aromatic rings. The van der Waals surface area contributed by atoms with Gasteiger partial charge in [-0.15, -0.1) is 0 Å². The Bertz CT molecular complexity index is 913. The number of hydrogen-bond donors (Lipinski definition) is 0. The van der Waals surface area contributed by atoms with E-state index in [9.17, 15) is 9.59 Å². The molecule has 138 valence electrons. The van der Waals surface area contributed by atoms with E-state index < -0.39 is 23.0 Å². The molecule has 1 aliphatic heterocycles.